The molecule has 6 aliphatic heterocycles. The van der Waals surface area contributed by atoms with Gasteiger partial charge in [0.05, 0.1) is 38.6 Å². The van der Waals surface area contributed by atoms with Crippen LogP contribution in [0.1, 0.15) is 27.7 Å². The minimum atomic E-state index is -2.25. The van der Waals surface area contributed by atoms with E-state index in [0.29, 0.717) is 0 Å². The van der Waals surface area contributed by atoms with Crippen molar-refractivity contribution in [1.82, 2.24) is 10.6 Å². The van der Waals surface area contributed by atoms with E-state index < -0.39 is 222 Å². The minimum Gasteiger partial charge on any atom is -0.394 e. The van der Waals surface area contributed by atoms with Crippen molar-refractivity contribution >= 4 is 11.8 Å². The summed E-state index contributed by atoms with van der Waals surface area (Å²) >= 11 is 0. The molecule has 0 aromatic heterocycles. The van der Waals surface area contributed by atoms with E-state index in [2.05, 4.69) is 10.6 Å². The van der Waals surface area contributed by atoms with E-state index in [-0.39, 0.29) is 0 Å². The molecule has 0 aliphatic carbocycles. The monoisotopic (exact) mass is 1040 g/mol. The van der Waals surface area contributed by atoms with Gasteiger partial charge in [0, 0.05) is 13.8 Å². The highest BCUT2D eigenvalue weighted by molar-refractivity contribution is 5.73. The molecule has 6 heterocycles. The number of carbonyl (C=O) groups is 2. The van der Waals surface area contributed by atoms with Gasteiger partial charge in [0.1, 0.15) is 134 Å². The van der Waals surface area contributed by atoms with Crippen LogP contribution in [0.5, 0.6) is 0 Å². The van der Waals surface area contributed by atoms with Crippen LogP contribution in [0.4, 0.5) is 0 Å². The lowest BCUT2D eigenvalue weighted by Gasteiger charge is -2.52. The van der Waals surface area contributed by atoms with Gasteiger partial charge in [-0.15, -0.1) is 0 Å². The average Bonchev–Trinajstić information content (AvgIpc) is 3.33. The average molecular weight is 1040 g/mol. The van der Waals surface area contributed by atoms with Crippen LogP contribution in [0.2, 0.25) is 0 Å². The van der Waals surface area contributed by atoms with Crippen LogP contribution in [-0.4, -0.2) is 304 Å². The van der Waals surface area contributed by atoms with Gasteiger partial charge in [-0.25, -0.2) is 0 Å². The first kappa shape index (κ1) is 58.1. The van der Waals surface area contributed by atoms with Gasteiger partial charge in [-0.1, -0.05) is 0 Å². The second-order valence-corrected chi connectivity index (χ2v) is 18.2. The van der Waals surface area contributed by atoms with E-state index in [1.165, 1.54) is 13.8 Å². The predicted octanol–water partition coefficient (Wildman–Crippen LogP) is -11.8. The van der Waals surface area contributed by atoms with Crippen molar-refractivity contribution < 1.29 is 143 Å². The highest BCUT2D eigenvalue weighted by Crippen LogP contribution is 2.38. The summed E-state index contributed by atoms with van der Waals surface area (Å²) in [6, 6.07) is -3.45. The van der Waals surface area contributed by atoms with E-state index >= 15 is 0 Å². The summed E-state index contributed by atoms with van der Waals surface area (Å²) in [6.45, 7) is 0.720. The number of nitrogens with one attached hydrogen (secondary N) is 2. The lowest BCUT2D eigenvalue weighted by molar-refractivity contribution is -0.393. The Labute approximate surface area is 403 Å². The summed E-state index contributed by atoms with van der Waals surface area (Å²) in [5, 5.41) is 177. The first-order chi connectivity index (χ1) is 33.5. The number of ether oxygens (including phenoxy) is 11. The maximum Gasteiger partial charge on any atom is 0.217 e. The molecule has 6 saturated heterocycles. The highest BCUT2D eigenvalue weighted by atomic mass is 16.8. The molecule has 0 unspecified atom stereocenters. The Bertz CT molecular complexity index is 1710. The zero-order valence-electron chi connectivity index (χ0n) is 38.6. The highest BCUT2D eigenvalue weighted by Gasteiger charge is 2.59. The van der Waals surface area contributed by atoms with Crippen molar-refractivity contribution in [2.24, 2.45) is 0 Å². The van der Waals surface area contributed by atoms with Gasteiger partial charge in [-0.2, -0.15) is 0 Å². The molecule has 6 rings (SSSR count). The van der Waals surface area contributed by atoms with E-state index in [4.69, 9.17) is 52.1 Å². The fourth-order valence-corrected chi connectivity index (χ4v) is 9.19. The molecule has 0 radical (unpaired) electrons. The largest absolute Gasteiger partial charge is 0.394 e. The molecule has 0 spiro atoms. The van der Waals surface area contributed by atoms with Gasteiger partial charge < -0.3 is 144 Å². The standard InChI is InChI=1S/C40H68N2O29/c1-9-19(49)23(53)26(56)37(61-9)69-32-17(41-11(3)47)35(60)63-15(7-45)30(32)68-40-29(59)34(22(52)14(6-44)65-40)71-36-18(42-12(4)48)33(70-38-27(57)24(54)20(50)10(2)62-38)31(16(8-46)66-36)67-39-28(58)25(55)21(51)13(5-43)64-39/h9-10,13-40,43-46,49-60H,5-8H2,1-4H3,(H,41,47)(H,42,48)/t9-,10-,13+,14+,15+,16+,17+,18+,19+,20+,21+,22-,23+,24+,25-,26-,27-,28+,29+,30+,31+,32+,33+,34-,35+,36-,37-,38-,39-,40-/m0/s1. The van der Waals surface area contributed by atoms with Crippen molar-refractivity contribution in [3.05, 3.63) is 0 Å². The van der Waals surface area contributed by atoms with Crippen LogP contribution in [0.25, 0.3) is 0 Å². The number of aliphatic hydroxyl groups excluding tert-OH is 16. The molecule has 2 amide bonds. The number of hydrogen-bond donors (Lipinski definition) is 18. The third-order valence-electron chi connectivity index (χ3n) is 13.2. The van der Waals surface area contributed by atoms with E-state index in [1.807, 2.05) is 0 Å². The molecule has 0 aromatic carbocycles. The van der Waals surface area contributed by atoms with Crippen molar-refractivity contribution in [3.8, 4) is 0 Å². The van der Waals surface area contributed by atoms with Gasteiger partial charge in [-0.05, 0) is 13.8 Å². The molecule has 31 nitrogen and oxygen atoms in total. The molecule has 6 aliphatic rings. The predicted molar refractivity (Wildman–Crippen MR) is 220 cm³/mol. The van der Waals surface area contributed by atoms with Gasteiger partial charge in [0.2, 0.25) is 11.8 Å². The molecule has 30 atom stereocenters. The van der Waals surface area contributed by atoms with E-state index in [9.17, 15) is 91.3 Å². The van der Waals surface area contributed by atoms with Crippen LogP contribution < -0.4 is 10.6 Å². The third kappa shape index (κ3) is 12.4. The number of aliphatic hydroxyl groups is 16. The van der Waals surface area contributed by atoms with Crippen LogP contribution in [0, 0.1) is 0 Å². The summed E-state index contributed by atoms with van der Waals surface area (Å²) in [4.78, 5) is 25.4. The Morgan fingerprint density at radius 3 is 1.15 bits per heavy atom. The smallest absolute Gasteiger partial charge is 0.217 e. The molecule has 71 heavy (non-hydrogen) atoms. The van der Waals surface area contributed by atoms with E-state index in [0.717, 1.165) is 13.8 Å². The molecular formula is C40H68N2O29. The lowest BCUT2D eigenvalue weighted by atomic mass is 9.93. The molecule has 6 fully saturated rings. The van der Waals surface area contributed by atoms with Gasteiger partial charge in [0.15, 0.2) is 37.7 Å². The number of amides is 2. The van der Waals surface area contributed by atoms with Gasteiger partial charge in [-0.3, -0.25) is 9.59 Å². The van der Waals surface area contributed by atoms with Crippen molar-refractivity contribution in [2.45, 2.75) is 212 Å². The Hall–Kier alpha value is -2.14. The molecule has 18 N–H and O–H groups in total. The normalized spacial score (nSPS) is 50.8. The third-order valence-corrected chi connectivity index (χ3v) is 13.2. The Balaban J connectivity index is 1.35. The fraction of sp³-hybridized carbons (Fsp3) is 0.950. The number of rotatable bonds is 16. The molecule has 0 aromatic rings. The van der Waals surface area contributed by atoms with Crippen LogP contribution in [0.15, 0.2) is 0 Å². The fourth-order valence-electron chi connectivity index (χ4n) is 9.19. The quantitative estimate of drug-likeness (QED) is 0.0682. The maximum absolute atomic E-state index is 13.0. The van der Waals surface area contributed by atoms with E-state index in [1.54, 1.807) is 0 Å². The van der Waals surface area contributed by atoms with Crippen molar-refractivity contribution in [2.75, 3.05) is 26.4 Å². The topological polar surface area (TPSA) is 483 Å². The summed E-state index contributed by atoms with van der Waals surface area (Å²) < 4.78 is 64.6. The van der Waals surface area contributed by atoms with Gasteiger partial charge in [0.25, 0.3) is 0 Å². The zero-order chi connectivity index (χ0) is 52.5. The first-order valence-electron chi connectivity index (χ1n) is 22.8. The molecular weight excluding hydrogens is 972 g/mol. The van der Waals surface area contributed by atoms with Crippen molar-refractivity contribution in [1.29, 1.82) is 0 Å². The minimum absolute atomic E-state index is 0.773. The maximum atomic E-state index is 13.0. The summed E-state index contributed by atoms with van der Waals surface area (Å²) in [5.74, 6) is -1.64. The van der Waals surface area contributed by atoms with Gasteiger partial charge >= 0.3 is 0 Å². The van der Waals surface area contributed by atoms with Crippen molar-refractivity contribution in [3.63, 3.8) is 0 Å². The number of carbonyl (C=O) groups excluding carboxylic acids is 2. The van der Waals surface area contributed by atoms with Crippen LogP contribution in [-0.2, 0) is 61.7 Å². The molecule has 0 saturated carbocycles. The summed E-state index contributed by atoms with van der Waals surface area (Å²) in [6.07, 6.45) is -51.4. The zero-order valence-corrected chi connectivity index (χ0v) is 38.6. The summed E-state index contributed by atoms with van der Waals surface area (Å²) in [5.41, 5.74) is 0. The Kier molecular flexibility index (Phi) is 20.2. The number of hydrogen-bond acceptors (Lipinski definition) is 29. The lowest BCUT2D eigenvalue weighted by Crippen LogP contribution is -2.71. The Morgan fingerprint density at radius 1 is 0.366 bits per heavy atom. The second kappa shape index (κ2) is 24.7. The molecule has 31 heteroatoms. The summed E-state index contributed by atoms with van der Waals surface area (Å²) in [7, 11) is 0. The molecule has 412 valence electrons. The SMILES string of the molecule is CC(=O)N[C@@H]1[C@@H](O[C@@H]2O[C@@H](C)[C@@H](O)[C@@H](O)[C@@H]2O)[C@H](O[C@@H]2O[C@H](CO)[C@H](O)[C@H](O[C@@H]3O[C@H](CO)[C@@H](O[C@@H]4O[C@H](CO)[C@@H](O)[C@H](O)[C@H]4O)[C@H](O[C@@H]4O[C@@H](C)[C@@H](O)[C@@H](O)[C@@H]4O)[C@H]3NC(C)=O)[C@H]2O)[C@@H](CO)O[C@H]1O. The molecule has 0 bridgehead atoms. The first-order valence-corrected chi connectivity index (χ1v) is 22.8. The Morgan fingerprint density at radius 2 is 0.704 bits per heavy atom. The van der Waals surface area contributed by atoms with Crippen LogP contribution in [0.3, 0.4) is 0 Å². The second-order valence-electron chi connectivity index (χ2n) is 18.2. The van der Waals surface area contributed by atoms with Crippen LogP contribution >= 0.6 is 0 Å².